The van der Waals surface area contributed by atoms with Crippen LogP contribution in [0.3, 0.4) is 0 Å². The van der Waals surface area contributed by atoms with E-state index >= 15 is 8.78 Å². The fourth-order valence-corrected chi connectivity index (χ4v) is 4.79. The average molecular weight is 531 g/mol. The van der Waals surface area contributed by atoms with Gasteiger partial charge >= 0.3 is 6.18 Å². The molecule has 2 N–H and O–H groups in total. The lowest BCUT2D eigenvalue weighted by Crippen LogP contribution is -2.49. The molecule has 1 amide bonds. The summed E-state index contributed by atoms with van der Waals surface area (Å²) in [7, 11) is 0. The van der Waals surface area contributed by atoms with Gasteiger partial charge in [-0.15, -0.1) is 0 Å². The van der Waals surface area contributed by atoms with E-state index in [-0.39, 0.29) is 28.3 Å². The summed E-state index contributed by atoms with van der Waals surface area (Å²) < 4.78 is 72.3. The van der Waals surface area contributed by atoms with Crippen molar-refractivity contribution in [2.75, 3.05) is 11.9 Å². The van der Waals surface area contributed by atoms with Crippen molar-refractivity contribution in [3.8, 4) is 11.3 Å². The Hall–Kier alpha value is -4.09. The molecule has 0 radical (unpaired) electrons. The van der Waals surface area contributed by atoms with Crippen molar-refractivity contribution >= 4 is 17.9 Å². The van der Waals surface area contributed by atoms with Crippen molar-refractivity contribution in [3.63, 3.8) is 0 Å². The van der Waals surface area contributed by atoms with Gasteiger partial charge < -0.3 is 10.2 Å². The number of hydrogen-bond acceptors (Lipinski definition) is 6. The number of hydrazone groups is 1. The van der Waals surface area contributed by atoms with E-state index < -0.39 is 35.8 Å². The largest absolute Gasteiger partial charge is 0.417 e. The minimum Gasteiger partial charge on any atom is -0.363 e. The molecular weight excluding hydrogens is 507 g/mol. The van der Waals surface area contributed by atoms with E-state index in [0.29, 0.717) is 30.0 Å². The first-order valence-electron chi connectivity index (χ1n) is 11.9. The predicted octanol–water partition coefficient (Wildman–Crippen LogP) is 5.31. The second-order valence-corrected chi connectivity index (χ2v) is 9.19. The van der Waals surface area contributed by atoms with Gasteiger partial charge in [0.25, 0.3) is 5.91 Å². The molecule has 0 aliphatic carbocycles. The molecule has 2 aliphatic rings. The number of fused-ring (bicyclic) bond motifs is 1. The number of halogens is 5. The molecule has 2 aliphatic heterocycles. The number of hydrogen-bond donors (Lipinski definition) is 2. The van der Waals surface area contributed by atoms with Crippen molar-refractivity contribution < 1.29 is 26.7 Å². The van der Waals surface area contributed by atoms with Crippen LogP contribution in [0, 0.1) is 11.6 Å². The van der Waals surface area contributed by atoms with Crippen LogP contribution in [0.25, 0.3) is 11.3 Å². The number of amides is 1. The van der Waals surface area contributed by atoms with Gasteiger partial charge in [0.2, 0.25) is 0 Å². The van der Waals surface area contributed by atoms with Crippen LogP contribution in [0.4, 0.5) is 27.8 Å². The van der Waals surface area contributed by atoms with E-state index in [9.17, 15) is 18.0 Å². The first kappa shape index (κ1) is 25.6. The molecule has 5 rings (SSSR count). The average Bonchev–Trinajstić information content (AvgIpc) is 3.52. The number of nitrogens with one attached hydrogen (secondary N) is 2. The maximum absolute atomic E-state index is 15.3. The van der Waals surface area contributed by atoms with Crippen molar-refractivity contribution in [2.45, 2.75) is 44.6 Å². The van der Waals surface area contributed by atoms with Crippen molar-refractivity contribution in [2.24, 2.45) is 5.10 Å². The number of pyridine rings is 2. The highest BCUT2D eigenvalue weighted by Gasteiger charge is 2.57. The number of alkyl halides is 3. The third kappa shape index (κ3) is 4.13. The second kappa shape index (κ2) is 9.34. The van der Waals surface area contributed by atoms with Crippen LogP contribution < -0.4 is 10.7 Å². The molecule has 4 heterocycles. The number of nitrogens with zero attached hydrogens (tertiary/aromatic N) is 4. The van der Waals surface area contributed by atoms with Crippen LogP contribution in [0.15, 0.2) is 47.8 Å². The van der Waals surface area contributed by atoms with Gasteiger partial charge in [0.05, 0.1) is 18.3 Å². The van der Waals surface area contributed by atoms with Crippen LogP contribution in [0.5, 0.6) is 0 Å². The minimum atomic E-state index is -4.69. The Bertz CT molecular complexity index is 1430. The zero-order valence-corrected chi connectivity index (χ0v) is 20.4. The van der Waals surface area contributed by atoms with Crippen LogP contribution in [-0.2, 0) is 12.1 Å². The summed E-state index contributed by atoms with van der Waals surface area (Å²) in [5.41, 5.74) is 0.155. The van der Waals surface area contributed by atoms with E-state index in [4.69, 9.17) is 0 Å². The van der Waals surface area contributed by atoms with Crippen LogP contribution in [-0.4, -0.2) is 39.7 Å². The monoisotopic (exact) mass is 530 g/mol. The number of aromatic nitrogens is 2. The first-order valence-corrected chi connectivity index (χ1v) is 11.9. The molecule has 0 bridgehead atoms. The first-order chi connectivity index (χ1) is 18.1. The number of anilines is 1. The van der Waals surface area contributed by atoms with Gasteiger partial charge in [-0.05, 0) is 49.7 Å². The molecular formula is C26H23F5N6O. The van der Waals surface area contributed by atoms with E-state index in [1.807, 2.05) is 6.92 Å². The molecule has 0 saturated carbocycles. The SMILES string of the molecule is CCN1Cc2c(ccnc2N[C@@H](C)c2cc(F)c(-c3cc(C4(C(F)(F)F)CC=NN4)ccn3)cc2F)C1=O. The third-order valence-electron chi connectivity index (χ3n) is 6.97. The summed E-state index contributed by atoms with van der Waals surface area (Å²) >= 11 is 0. The summed E-state index contributed by atoms with van der Waals surface area (Å²) in [5, 5.41) is 6.59. The summed E-state index contributed by atoms with van der Waals surface area (Å²) in [6.07, 6.45) is -1.43. The molecule has 38 heavy (non-hydrogen) atoms. The van der Waals surface area contributed by atoms with Crippen molar-refractivity contribution in [1.29, 1.82) is 0 Å². The summed E-state index contributed by atoms with van der Waals surface area (Å²) in [6.45, 7) is 4.35. The van der Waals surface area contributed by atoms with E-state index in [2.05, 4.69) is 25.8 Å². The molecule has 1 aromatic carbocycles. The zero-order chi connectivity index (χ0) is 27.2. The minimum absolute atomic E-state index is 0.0175. The highest BCUT2D eigenvalue weighted by Crippen LogP contribution is 2.44. The Morgan fingerprint density at radius 3 is 2.55 bits per heavy atom. The number of rotatable bonds is 6. The van der Waals surface area contributed by atoms with Gasteiger partial charge in [0.1, 0.15) is 17.5 Å². The maximum Gasteiger partial charge on any atom is 0.417 e. The smallest absolute Gasteiger partial charge is 0.363 e. The van der Waals surface area contributed by atoms with Crippen LogP contribution in [0.1, 0.15) is 53.4 Å². The zero-order valence-electron chi connectivity index (χ0n) is 20.4. The fraction of sp³-hybridized carbons (Fsp3) is 0.308. The maximum atomic E-state index is 15.3. The summed E-state index contributed by atoms with van der Waals surface area (Å²) in [6, 6.07) is 5.04. The van der Waals surface area contributed by atoms with E-state index in [1.165, 1.54) is 12.3 Å². The van der Waals surface area contributed by atoms with E-state index in [0.717, 1.165) is 30.6 Å². The Kier molecular flexibility index (Phi) is 6.28. The van der Waals surface area contributed by atoms with Gasteiger partial charge in [-0.3, -0.25) is 15.2 Å². The lowest BCUT2D eigenvalue weighted by atomic mass is 9.87. The molecule has 1 unspecified atom stereocenters. The van der Waals surface area contributed by atoms with Gasteiger partial charge in [-0.1, -0.05) is 0 Å². The summed E-state index contributed by atoms with van der Waals surface area (Å²) in [4.78, 5) is 22.4. The fourth-order valence-electron chi connectivity index (χ4n) is 4.79. The Labute approximate surface area is 214 Å². The van der Waals surface area contributed by atoms with Gasteiger partial charge in [-0.25, -0.2) is 13.8 Å². The Balaban J connectivity index is 1.44. The Morgan fingerprint density at radius 2 is 1.87 bits per heavy atom. The number of carbonyl (C=O) groups excluding carboxylic acids is 1. The molecule has 3 aromatic rings. The standard InChI is InChI=1S/C26H23F5N6O/c1-3-37-13-19-16(24(37)38)5-8-33-23(19)35-14(2)17-11-21(28)18(12-20(17)27)22-10-15(4-7-32-22)25(26(29,30)31)6-9-34-36-25/h4-5,7-12,14,36H,3,6,13H2,1-2H3,(H,33,35)/t14-,25?/m0/s1. The molecule has 0 fully saturated rings. The van der Waals surface area contributed by atoms with Crippen molar-refractivity contribution in [1.82, 2.24) is 20.3 Å². The van der Waals surface area contributed by atoms with Gasteiger partial charge in [0, 0.05) is 53.8 Å². The highest BCUT2D eigenvalue weighted by atomic mass is 19.4. The van der Waals surface area contributed by atoms with Crippen LogP contribution in [0.2, 0.25) is 0 Å². The lowest BCUT2D eigenvalue weighted by molar-refractivity contribution is -0.196. The molecule has 7 nitrogen and oxygen atoms in total. The molecule has 2 atom stereocenters. The van der Waals surface area contributed by atoms with E-state index in [1.54, 1.807) is 17.9 Å². The predicted molar refractivity (Wildman–Crippen MR) is 130 cm³/mol. The summed E-state index contributed by atoms with van der Waals surface area (Å²) in [5.74, 6) is -1.36. The molecule has 2 aromatic heterocycles. The van der Waals surface area contributed by atoms with Crippen molar-refractivity contribution in [3.05, 3.63) is 76.6 Å². The molecule has 12 heteroatoms. The molecule has 0 saturated heterocycles. The topological polar surface area (TPSA) is 82.5 Å². The molecule has 198 valence electrons. The van der Waals surface area contributed by atoms with Gasteiger partial charge in [0.15, 0.2) is 5.54 Å². The number of benzene rings is 1. The lowest BCUT2D eigenvalue weighted by Gasteiger charge is -2.31. The second-order valence-electron chi connectivity index (χ2n) is 9.19. The Morgan fingerprint density at radius 1 is 1.11 bits per heavy atom. The molecule has 0 spiro atoms. The quantitative estimate of drug-likeness (QED) is 0.423. The normalized spacial score (nSPS) is 19.4. The number of carbonyl (C=O) groups is 1. The third-order valence-corrected chi connectivity index (χ3v) is 6.97. The van der Waals surface area contributed by atoms with Crippen LogP contribution >= 0.6 is 0 Å². The van der Waals surface area contributed by atoms with Gasteiger partial charge in [-0.2, -0.15) is 18.3 Å². The highest BCUT2D eigenvalue weighted by molar-refractivity contribution is 5.99.